The zero-order valence-electron chi connectivity index (χ0n) is 12.2. The average molecular weight is 418 g/mol. The van der Waals surface area contributed by atoms with E-state index in [1.165, 1.54) is 0 Å². The molecule has 0 aliphatic heterocycles. The molecule has 0 aliphatic carbocycles. The summed E-state index contributed by atoms with van der Waals surface area (Å²) in [5, 5.41) is 3.99. The number of aromatic nitrogens is 2. The molecule has 0 radical (unpaired) electrons. The van der Waals surface area contributed by atoms with Gasteiger partial charge in [-0.25, -0.2) is 9.97 Å². The first-order valence-corrected chi connectivity index (χ1v) is 8.08. The smallest absolute Gasteiger partial charge is 0.162 e. The summed E-state index contributed by atoms with van der Waals surface area (Å²) in [5.74, 6) is 1.53. The summed E-state index contributed by atoms with van der Waals surface area (Å²) in [5.41, 5.74) is 2.91. The standard InChI is InChI=1S/C15H17ClIN3O/c1-4-18-15-13(17)12(8-21-3)19-14(20-15)11-6-5-10(16)7-9(11)2/h5-7H,4,8H2,1-3H3,(H,18,19,20). The molecule has 0 aliphatic rings. The summed E-state index contributed by atoms with van der Waals surface area (Å²) in [6.45, 7) is 5.31. The molecule has 0 unspecified atom stereocenters. The zero-order valence-corrected chi connectivity index (χ0v) is 15.1. The summed E-state index contributed by atoms with van der Waals surface area (Å²) in [7, 11) is 1.67. The van der Waals surface area contributed by atoms with Gasteiger partial charge in [0, 0.05) is 24.2 Å². The van der Waals surface area contributed by atoms with Gasteiger partial charge in [-0.15, -0.1) is 0 Å². The molecule has 1 aromatic heterocycles. The van der Waals surface area contributed by atoms with Crippen LogP contribution in [0.15, 0.2) is 18.2 Å². The summed E-state index contributed by atoms with van der Waals surface area (Å²) >= 11 is 8.27. The SMILES string of the molecule is CCNc1nc(-c2ccc(Cl)cc2C)nc(COC)c1I. The Morgan fingerprint density at radius 2 is 2.10 bits per heavy atom. The van der Waals surface area contributed by atoms with Crippen LogP contribution in [0.1, 0.15) is 18.2 Å². The highest BCUT2D eigenvalue weighted by Gasteiger charge is 2.14. The van der Waals surface area contributed by atoms with E-state index in [4.69, 9.17) is 16.3 Å². The van der Waals surface area contributed by atoms with Crippen molar-refractivity contribution in [2.24, 2.45) is 0 Å². The molecule has 1 N–H and O–H groups in total. The molecule has 112 valence electrons. The quantitative estimate of drug-likeness (QED) is 0.737. The van der Waals surface area contributed by atoms with Gasteiger partial charge in [0.15, 0.2) is 5.82 Å². The first-order chi connectivity index (χ1) is 10.1. The van der Waals surface area contributed by atoms with Gasteiger partial charge in [-0.2, -0.15) is 0 Å². The number of rotatable bonds is 5. The van der Waals surface area contributed by atoms with E-state index in [1.54, 1.807) is 7.11 Å². The second kappa shape index (κ2) is 7.38. The van der Waals surface area contributed by atoms with E-state index in [9.17, 15) is 0 Å². The van der Waals surface area contributed by atoms with Gasteiger partial charge in [0.1, 0.15) is 5.82 Å². The molecule has 0 amide bonds. The van der Waals surface area contributed by atoms with Crippen LogP contribution in [0.5, 0.6) is 0 Å². The van der Waals surface area contributed by atoms with Crippen LogP contribution in [0.2, 0.25) is 5.02 Å². The molecule has 2 rings (SSSR count). The zero-order chi connectivity index (χ0) is 15.4. The second-order valence-corrected chi connectivity index (χ2v) is 6.09. The minimum atomic E-state index is 0.457. The van der Waals surface area contributed by atoms with Gasteiger partial charge in [0.25, 0.3) is 0 Å². The molecule has 0 saturated heterocycles. The molecular weight excluding hydrogens is 401 g/mol. The van der Waals surface area contributed by atoms with Crippen molar-refractivity contribution >= 4 is 40.0 Å². The van der Waals surface area contributed by atoms with Crippen molar-refractivity contribution in [2.75, 3.05) is 19.0 Å². The maximum absolute atomic E-state index is 6.02. The molecule has 2 aromatic rings. The highest BCUT2D eigenvalue weighted by Crippen LogP contribution is 2.27. The maximum Gasteiger partial charge on any atom is 0.162 e. The van der Waals surface area contributed by atoms with E-state index in [-0.39, 0.29) is 0 Å². The summed E-state index contributed by atoms with van der Waals surface area (Å²) < 4.78 is 6.23. The predicted molar refractivity (Wildman–Crippen MR) is 94.8 cm³/mol. The van der Waals surface area contributed by atoms with Crippen LogP contribution in [-0.4, -0.2) is 23.6 Å². The highest BCUT2D eigenvalue weighted by atomic mass is 127. The molecule has 6 heteroatoms. The van der Waals surface area contributed by atoms with Gasteiger partial charge >= 0.3 is 0 Å². The average Bonchev–Trinajstić information content (AvgIpc) is 2.43. The van der Waals surface area contributed by atoms with Crippen LogP contribution < -0.4 is 5.32 Å². The van der Waals surface area contributed by atoms with Crippen LogP contribution in [-0.2, 0) is 11.3 Å². The molecule has 21 heavy (non-hydrogen) atoms. The number of hydrogen-bond donors (Lipinski definition) is 1. The third-order valence-electron chi connectivity index (χ3n) is 2.97. The van der Waals surface area contributed by atoms with E-state index in [0.29, 0.717) is 17.5 Å². The van der Waals surface area contributed by atoms with E-state index in [1.807, 2.05) is 32.0 Å². The Labute approximate surface area is 143 Å². The number of aryl methyl sites for hydroxylation is 1. The molecule has 4 nitrogen and oxygen atoms in total. The normalized spacial score (nSPS) is 10.7. The van der Waals surface area contributed by atoms with Crippen LogP contribution in [0.4, 0.5) is 5.82 Å². The van der Waals surface area contributed by atoms with Crippen molar-refractivity contribution in [3.05, 3.63) is 38.0 Å². The fraction of sp³-hybridized carbons (Fsp3) is 0.333. The molecule has 1 heterocycles. The fourth-order valence-electron chi connectivity index (χ4n) is 2.01. The Morgan fingerprint density at radius 3 is 2.71 bits per heavy atom. The largest absolute Gasteiger partial charge is 0.378 e. The molecular formula is C15H17ClIN3O. The molecule has 1 aromatic carbocycles. The maximum atomic E-state index is 6.02. The Morgan fingerprint density at radius 1 is 1.33 bits per heavy atom. The molecule has 0 bridgehead atoms. The Kier molecular flexibility index (Phi) is 5.78. The molecule has 0 saturated carbocycles. The van der Waals surface area contributed by atoms with Gasteiger partial charge in [0.05, 0.1) is 15.9 Å². The van der Waals surface area contributed by atoms with E-state index >= 15 is 0 Å². The number of nitrogens with one attached hydrogen (secondary N) is 1. The first kappa shape index (κ1) is 16.5. The summed E-state index contributed by atoms with van der Waals surface area (Å²) in [6, 6.07) is 5.72. The number of ether oxygens (including phenoxy) is 1. The molecule has 0 spiro atoms. The van der Waals surface area contributed by atoms with Gasteiger partial charge in [-0.1, -0.05) is 11.6 Å². The van der Waals surface area contributed by atoms with Crippen molar-refractivity contribution in [3.8, 4) is 11.4 Å². The number of halogens is 2. The number of nitrogens with zero attached hydrogens (tertiary/aromatic N) is 2. The van der Waals surface area contributed by atoms with Crippen molar-refractivity contribution in [2.45, 2.75) is 20.5 Å². The third kappa shape index (κ3) is 3.84. The van der Waals surface area contributed by atoms with Gasteiger partial charge < -0.3 is 10.1 Å². The Hall–Kier alpha value is -0.920. The van der Waals surface area contributed by atoms with Crippen molar-refractivity contribution < 1.29 is 4.74 Å². The van der Waals surface area contributed by atoms with Crippen LogP contribution >= 0.6 is 34.2 Å². The van der Waals surface area contributed by atoms with Gasteiger partial charge in [0.2, 0.25) is 0 Å². The molecule has 0 atom stereocenters. The monoisotopic (exact) mass is 417 g/mol. The number of methoxy groups -OCH3 is 1. The minimum absolute atomic E-state index is 0.457. The predicted octanol–water partition coefficient (Wildman–Crippen LogP) is 4.29. The van der Waals surface area contributed by atoms with Crippen LogP contribution in [0, 0.1) is 10.5 Å². The van der Waals surface area contributed by atoms with E-state index < -0.39 is 0 Å². The van der Waals surface area contributed by atoms with Crippen molar-refractivity contribution in [1.82, 2.24) is 9.97 Å². The summed E-state index contributed by atoms with van der Waals surface area (Å²) in [4.78, 5) is 9.28. The van der Waals surface area contributed by atoms with Crippen LogP contribution in [0.25, 0.3) is 11.4 Å². The van der Waals surface area contributed by atoms with E-state index in [2.05, 4.69) is 37.9 Å². The molecule has 0 fully saturated rings. The van der Waals surface area contributed by atoms with Crippen LogP contribution in [0.3, 0.4) is 0 Å². The first-order valence-electron chi connectivity index (χ1n) is 6.62. The lowest BCUT2D eigenvalue weighted by Gasteiger charge is -2.13. The number of hydrogen-bond acceptors (Lipinski definition) is 4. The summed E-state index contributed by atoms with van der Waals surface area (Å²) in [6.07, 6.45) is 0. The van der Waals surface area contributed by atoms with E-state index in [0.717, 1.165) is 32.8 Å². The van der Waals surface area contributed by atoms with Crippen molar-refractivity contribution in [1.29, 1.82) is 0 Å². The minimum Gasteiger partial charge on any atom is -0.378 e. The third-order valence-corrected chi connectivity index (χ3v) is 4.34. The highest BCUT2D eigenvalue weighted by molar-refractivity contribution is 14.1. The fourth-order valence-corrected chi connectivity index (χ4v) is 2.82. The Balaban J connectivity index is 2.56. The number of benzene rings is 1. The lowest BCUT2D eigenvalue weighted by Crippen LogP contribution is -2.09. The van der Waals surface area contributed by atoms with Gasteiger partial charge in [-0.05, 0) is 60.2 Å². The lowest BCUT2D eigenvalue weighted by molar-refractivity contribution is 0.181. The second-order valence-electron chi connectivity index (χ2n) is 4.58. The van der Waals surface area contributed by atoms with Gasteiger partial charge in [-0.3, -0.25) is 0 Å². The topological polar surface area (TPSA) is 47.0 Å². The Bertz CT molecular complexity index is 622. The lowest BCUT2D eigenvalue weighted by atomic mass is 10.1. The number of anilines is 1. The van der Waals surface area contributed by atoms with Crippen molar-refractivity contribution in [3.63, 3.8) is 0 Å².